The highest BCUT2D eigenvalue weighted by molar-refractivity contribution is 6.34. The van der Waals surface area contributed by atoms with Crippen LogP contribution < -0.4 is 5.73 Å². The van der Waals surface area contributed by atoms with E-state index in [1.165, 1.54) is 0 Å². The zero-order chi connectivity index (χ0) is 13.6. The highest BCUT2D eigenvalue weighted by Gasteiger charge is 2.10. The maximum absolute atomic E-state index is 6.39. The van der Waals surface area contributed by atoms with Gasteiger partial charge in [0.1, 0.15) is 5.82 Å². The lowest BCUT2D eigenvalue weighted by atomic mass is 10.0. The second-order valence-electron chi connectivity index (χ2n) is 4.66. The molecule has 0 aliphatic heterocycles. The van der Waals surface area contributed by atoms with E-state index in [1.807, 2.05) is 54.9 Å². The molecule has 3 aromatic rings. The van der Waals surface area contributed by atoms with Crippen LogP contribution in [0.25, 0.3) is 22.2 Å². The number of imidazole rings is 1. The van der Waals surface area contributed by atoms with Crippen LogP contribution in [0.3, 0.4) is 0 Å². The number of nitrogen functional groups attached to an aromatic ring is 1. The highest BCUT2D eigenvalue weighted by Crippen LogP contribution is 2.32. The molecule has 2 N–H and O–H groups in total. The molecule has 3 nitrogen and oxygen atoms in total. The second kappa shape index (κ2) is 4.28. The topological polar surface area (TPSA) is 43.8 Å². The lowest BCUT2D eigenvalue weighted by molar-refractivity contribution is 0.886. The molecule has 0 aliphatic carbocycles. The largest absolute Gasteiger partial charge is 0.399 e. The number of aromatic nitrogens is 2. The molecule has 0 aliphatic rings. The van der Waals surface area contributed by atoms with Crippen molar-refractivity contribution in [2.75, 3.05) is 5.73 Å². The summed E-state index contributed by atoms with van der Waals surface area (Å²) in [4.78, 5) is 4.54. The number of fused-ring (bicyclic) bond motifs is 1. The molecule has 1 heterocycles. The summed E-state index contributed by atoms with van der Waals surface area (Å²) in [5.74, 6) is 0.968. The Balaban J connectivity index is 2.27. The minimum absolute atomic E-state index is 0.709. The van der Waals surface area contributed by atoms with Gasteiger partial charge >= 0.3 is 0 Å². The lowest BCUT2D eigenvalue weighted by Crippen LogP contribution is -1.90. The van der Waals surface area contributed by atoms with E-state index < -0.39 is 0 Å². The van der Waals surface area contributed by atoms with Crippen molar-refractivity contribution in [1.82, 2.24) is 9.55 Å². The summed E-state index contributed by atoms with van der Waals surface area (Å²) in [7, 11) is 1.99. The molecule has 1 aromatic heterocycles. The van der Waals surface area contributed by atoms with Gasteiger partial charge in [-0.2, -0.15) is 0 Å². The molecule has 0 saturated carbocycles. The number of halogens is 1. The monoisotopic (exact) mass is 271 g/mol. The van der Waals surface area contributed by atoms with E-state index in [4.69, 9.17) is 17.3 Å². The van der Waals surface area contributed by atoms with E-state index in [9.17, 15) is 0 Å². The molecule has 96 valence electrons. The molecule has 4 heteroatoms. The maximum atomic E-state index is 6.39. The van der Waals surface area contributed by atoms with Crippen LogP contribution in [-0.4, -0.2) is 9.55 Å². The molecule has 0 radical (unpaired) electrons. The SMILES string of the molecule is Cc1nc2cc(-c3cccc(N)c3)c(Cl)cc2n1C. The van der Waals surface area contributed by atoms with Crippen molar-refractivity contribution in [3.8, 4) is 11.1 Å². The Hall–Kier alpha value is -2.00. The molecular formula is C15H14ClN3. The van der Waals surface area contributed by atoms with E-state index in [1.54, 1.807) is 0 Å². The van der Waals surface area contributed by atoms with Gasteiger partial charge in [-0.25, -0.2) is 4.98 Å². The highest BCUT2D eigenvalue weighted by atomic mass is 35.5. The van der Waals surface area contributed by atoms with Crippen molar-refractivity contribution in [2.45, 2.75) is 6.92 Å². The van der Waals surface area contributed by atoms with Gasteiger partial charge in [-0.15, -0.1) is 0 Å². The standard InChI is InChI=1S/C15H14ClN3/c1-9-18-14-7-12(10-4-3-5-11(17)6-10)13(16)8-15(14)19(9)2/h3-8H,17H2,1-2H3. The van der Waals surface area contributed by atoms with Crippen LogP contribution in [0.5, 0.6) is 0 Å². The van der Waals surface area contributed by atoms with Crippen LogP contribution >= 0.6 is 11.6 Å². The van der Waals surface area contributed by atoms with Crippen LogP contribution in [0.15, 0.2) is 36.4 Å². The molecule has 19 heavy (non-hydrogen) atoms. The Morgan fingerprint density at radius 1 is 1.21 bits per heavy atom. The average Bonchev–Trinajstić information content (AvgIpc) is 2.65. The summed E-state index contributed by atoms with van der Waals surface area (Å²) in [5, 5.41) is 0.709. The van der Waals surface area contributed by atoms with E-state index >= 15 is 0 Å². The van der Waals surface area contributed by atoms with E-state index in [-0.39, 0.29) is 0 Å². The van der Waals surface area contributed by atoms with Gasteiger partial charge in [0, 0.05) is 18.3 Å². The Morgan fingerprint density at radius 3 is 2.74 bits per heavy atom. The van der Waals surface area contributed by atoms with Gasteiger partial charge in [0.05, 0.1) is 16.1 Å². The fourth-order valence-corrected chi connectivity index (χ4v) is 2.53. The van der Waals surface area contributed by atoms with E-state index in [2.05, 4.69) is 4.98 Å². The minimum atomic E-state index is 0.709. The first kappa shape index (κ1) is 12.1. The van der Waals surface area contributed by atoms with Gasteiger partial charge in [-0.3, -0.25) is 0 Å². The number of nitrogens with zero attached hydrogens (tertiary/aromatic N) is 2. The summed E-state index contributed by atoms with van der Waals surface area (Å²) in [5.41, 5.74) is 10.5. The quantitative estimate of drug-likeness (QED) is 0.685. The van der Waals surface area contributed by atoms with Gasteiger partial charge in [0.15, 0.2) is 0 Å². The van der Waals surface area contributed by atoms with Gasteiger partial charge in [0.2, 0.25) is 0 Å². The van der Waals surface area contributed by atoms with Crippen molar-refractivity contribution < 1.29 is 0 Å². The Labute approximate surface area is 116 Å². The number of anilines is 1. The molecule has 3 rings (SSSR count). The first-order chi connectivity index (χ1) is 9.06. The van der Waals surface area contributed by atoms with Gasteiger partial charge in [-0.1, -0.05) is 23.7 Å². The van der Waals surface area contributed by atoms with Crippen molar-refractivity contribution in [3.63, 3.8) is 0 Å². The average molecular weight is 272 g/mol. The fraction of sp³-hybridized carbons (Fsp3) is 0.133. The summed E-state index contributed by atoms with van der Waals surface area (Å²) in [6.45, 7) is 1.98. The third kappa shape index (κ3) is 1.96. The molecular weight excluding hydrogens is 258 g/mol. The Kier molecular flexibility index (Phi) is 2.72. The number of benzene rings is 2. The van der Waals surface area contributed by atoms with Gasteiger partial charge < -0.3 is 10.3 Å². The van der Waals surface area contributed by atoms with Crippen molar-refractivity contribution in [3.05, 3.63) is 47.2 Å². The molecule has 0 unspecified atom stereocenters. The molecule has 0 saturated heterocycles. The predicted molar refractivity (Wildman–Crippen MR) is 80.3 cm³/mol. The van der Waals surface area contributed by atoms with E-state index in [0.29, 0.717) is 5.02 Å². The summed E-state index contributed by atoms with van der Waals surface area (Å²) < 4.78 is 2.03. The number of hydrogen-bond acceptors (Lipinski definition) is 2. The molecule has 0 spiro atoms. The third-order valence-electron chi connectivity index (χ3n) is 3.39. The first-order valence-electron chi connectivity index (χ1n) is 6.05. The third-order valence-corrected chi connectivity index (χ3v) is 3.70. The number of hydrogen-bond donors (Lipinski definition) is 1. The Morgan fingerprint density at radius 2 is 2.00 bits per heavy atom. The number of aryl methyl sites for hydroxylation is 2. The summed E-state index contributed by atoms with van der Waals surface area (Å²) in [6.07, 6.45) is 0. The normalized spacial score (nSPS) is 11.1. The second-order valence-corrected chi connectivity index (χ2v) is 5.07. The van der Waals surface area contributed by atoms with Crippen LogP contribution in [0.1, 0.15) is 5.82 Å². The molecule has 0 atom stereocenters. The summed E-state index contributed by atoms with van der Waals surface area (Å²) in [6, 6.07) is 11.7. The van der Waals surface area contributed by atoms with Crippen molar-refractivity contribution in [2.24, 2.45) is 7.05 Å². The fourth-order valence-electron chi connectivity index (χ4n) is 2.26. The molecule has 0 bridgehead atoms. The first-order valence-corrected chi connectivity index (χ1v) is 6.42. The zero-order valence-corrected chi connectivity index (χ0v) is 11.6. The minimum Gasteiger partial charge on any atom is -0.399 e. The number of rotatable bonds is 1. The van der Waals surface area contributed by atoms with Crippen LogP contribution in [0, 0.1) is 6.92 Å². The smallest absolute Gasteiger partial charge is 0.106 e. The predicted octanol–water partition coefficient (Wildman–Crippen LogP) is 3.78. The van der Waals surface area contributed by atoms with E-state index in [0.717, 1.165) is 33.7 Å². The molecule has 2 aromatic carbocycles. The van der Waals surface area contributed by atoms with Crippen molar-refractivity contribution in [1.29, 1.82) is 0 Å². The maximum Gasteiger partial charge on any atom is 0.106 e. The molecule has 0 amide bonds. The zero-order valence-electron chi connectivity index (χ0n) is 10.8. The van der Waals surface area contributed by atoms with Crippen molar-refractivity contribution >= 4 is 28.3 Å². The molecule has 0 fully saturated rings. The summed E-state index contributed by atoms with van der Waals surface area (Å²) >= 11 is 6.39. The number of nitrogens with two attached hydrogens (primary N) is 1. The van der Waals surface area contributed by atoms with Gasteiger partial charge in [0.25, 0.3) is 0 Å². The Bertz CT molecular complexity index is 774. The van der Waals surface area contributed by atoms with Gasteiger partial charge in [-0.05, 0) is 36.8 Å². The van der Waals surface area contributed by atoms with Crippen LogP contribution in [0.4, 0.5) is 5.69 Å². The lowest BCUT2D eigenvalue weighted by Gasteiger charge is -2.06. The van der Waals surface area contributed by atoms with Crippen LogP contribution in [0.2, 0.25) is 5.02 Å². The van der Waals surface area contributed by atoms with Crippen LogP contribution in [-0.2, 0) is 7.05 Å².